The average Bonchev–Trinajstić information content (AvgIpc) is 2.89. The normalized spacial score (nSPS) is 22.1. The van der Waals surface area contributed by atoms with Crippen LogP contribution in [-0.4, -0.2) is 31.6 Å². The highest BCUT2D eigenvalue weighted by atomic mass is 79.9. The molecule has 0 amide bonds. The van der Waals surface area contributed by atoms with Crippen molar-refractivity contribution in [2.45, 2.75) is 25.8 Å². The first-order chi connectivity index (χ1) is 9.61. The number of Topliss-reactive ketones (excluding diaryl/α,β-unsaturated/α-hetero) is 1. The molecule has 20 heavy (non-hydrogen) atoms. The molecule has 0 bridgehead atoms. The number of halogens is 2. The molecule has 2 unspecified atom stereocenters. The van der Waals surface area contributed by atoms with E-state index in [-0.39, 0.29) is 30.0 Å². The van der Waals surface area contributed by atoms with Crippen LogP contribution in [0.5, 0.6) is 0 Å². The van der Waals surface area contributed by atoms with Crippen molar-refractivity contribution in [1.82, 2.24) is 5.32 Å². The van der Waals surface area contributed by atoms with Crippen molar-refractivity contribution in [3.05, 3.63) is 34.1 Å². The molecule has 1 fully saturated rings. The van der Waals surface area contributed by atoms with E-state index >= 15 is 0 Å². The zero-order valence-electron chi connectivity index (χ0n) is 11.5. The number of carbonyl (C=O) groups excluding carboxylic acids is 1. The van der Waals surface area contributed by atoms with Crippen LogP contribution in [0.25, 0.3) is 0 Å². The van der Waals surface area contributed by atoms with Gasteiger partial charge in [-0.2, -0.15) is 0 Å². The van der Waals surface area contributed by atoms with Crippen molar-refractivity contribution in [3.63, 3.8) is 0 Å². The molecule has 1 aliphatic rings. The Labute approximate surface area is 127 Å². The van der Waals surface area contributed by atoms with Crippen molar-refractivity contribution < 1.29 is 13.9 Å². The fourth-order valence-electron chi connectivity index (χ4n) is 2.40. The van der Waals surface area contributed by atoms with Gasteiger partial charge in [0.2, 0.25) is 0 Å². The number of ether oxygens (including phenoxy) is 1. The number of carbonyl (C=O) groups is 1. The Bertz CT molecular complexity index is 481. The maximum Gasteiger partial charge on any atom is 0.144 e. The topological polar surface area (TPSA) is 38.3 Å². The Morgan fingerprint density at radius 2 is 2.30 bits per heavy atom. The molecule has 1 aliphatic heterocycles. The minimum atomic E-state index is -0.335. The van der Waals surface area contributed by atoms with Gasteiger partial charge in [-0.1, -0.05) is 22.9 Å². The van der Waals surface area contributed by atoms with Crippen LogP contribution in [-0.2, 0) is 16.0 Å². The fourth-order valence-corrected chi connectivity index (χ4v) is 2.81. The summed E-state index contributed by atoms with van der Waals surface area (Å²) < 4.78 is 19.9. The molecule has 2 rings (SSSR count). The van der Waals surface area contributed by atoms with Gasteiger partial charge >= 0.3 is 0 Å². The third-order valence-electron chi connectivity index (χ3n) is 3.52. The van der Waals surface area contributed by atoms with Gasteiger partial charge in [0.05, 0.1) is 19.1 Å². The highest BCUT2D eigenvalue weighted by molar-refractivity contribution is 9.10. The summed E-state index contributed by atoms with van der Waals surface area (Å²) in [6, 6.07) is 4.73. The standard InChI is InChI=1S/C15H19BrFNO2/c1-2-5-18-14-9-20-8-12(14)15(19)7-10-6-11(16)3-4-13(10)17/h3-4,6,12,14,18H,2,5,7-9H2,1H3. The molecule has 1 heterocycles. The van der Waals surface area contributed by atoms with Gasteiger partial charge < -0.3 is 10.1 Å². The third-order valence-corrected chi connectivity index (χ3v) is 4.02. The van der Waals surface area contributed by atoms with Gasteiger partial charge in [0.25, 0.3) is 0 Å². The quantitative estimate of drug-likeness (QED) is 0.862. The predicted octanol–water partition coefficient (Wildman–Crippen LogP) is 2.71. The molecule has 110 valence electrons. The zero-order valence-corrected chi connectivity index (χ0v) is 13.1. The Morgan fingerprint density at radius 1 is 1.50 bits per heavy atom. The predicted molar refractivity (Wildman–Crippen MR) is 79.2 cm³/mol. The van der Waals surface area contributed by atoms with Crippen LogP contribution in [0.4, 0.5) is 4.39 Å². The van der Waals surface area contributed by atoms with Crippen LogP contribution in [0.15, 0.2) is 22.7 Å². The second-order valence-corrected chi connectivity index (χ2v) is 6.00. The minimum Gasteiger partial charge on any atom is -0.379 e. The second-order valence-electron chi connectivity index (χ2n) is 5.08. The number of hydrogen-bond acceptors (Lipinski definition) is 3. The lowest BCUT2D eigenvalue weighted by atomic mass is 9.93. The van der Waals surface area contributed by atoms with Gasteiger partial charge in [0, 0.05) is 16.9 Å². The number of benzene rings is 1. The van der Waals surface area contributed by atoms with Crippen LogP contribution in [0.1, 0.15) is 18.9 Å². The van der Waals surface area contributed by atoms with Gasteiger partial charge in [0.15, 0.2) is 0 Å². The van der Waals surface area contributed by atoms with E-state index in [1.54, 1.807) is 12.1 Å². The number of ketones is 1. The Kier molecular flexibility index (Phi) is 5.69. The molecule has 1 aromatic carbocycles. The summed E-state index contributed by atoms with van der Waals surface area (Å²) in [6.07, 6.45) is 1.13. The van der Waals surface area contributed by atoms with Crippen molar-refractivity contribution in [2.24, 2.45) is 5.92 Å². The summed E-state index contributed by atoms with van der Waals surface area (Å²) >= 11 is 3.30. The number of nitrogens with one attached hydrogen (secondary N) is 1. The summed E-state index contributed by atoms with van der Waals surface area (Å²) in [4.78, 5) is 12.3. The van der Waals surface area contributed by atoms with E-state index in [2.05, 4.69) is 28.2 Å². The molecule has 1 saturated heterocycles. The van der Waals surface area contributed by atoms with Gasteiger partial charge in [-0.05, 0) is 36.7 Å². The monoisotopic (exact) mass is 343 g/mol. The van der Waals surface area contributed by atoms with E-state index < -0.39 is 0 Å². The summed E-state index contributed by atoms with van der Waals surface area (Å²) in [5.41, 5.74) is 0.436. The molecule has 0 radical (unpaired) electrons. The fraction of sp³-hybridized carbons (Fsp3) is 0.533. The van der Waals surface area contributed by atoms with Crippen molar-refractivity contribution >= 4 is 21.7 Å². The number of rotatable bonds is 6. The Balaban J connectivity index is 2.01. The Morgan fingerprint density at radius 3 is 3.05 bits per heavy atom. The lowest BCUT2D eigenvalue weighted by Gasteiger charge is -2.18. The molecule has 0 spiro atoms. The summed E-state index contributed by atoms with van der Waals surface area (Å²) in [7, 11) is 0. The van der Waals surface area contributed by atoms with E-state index in [9.17, 15) is 9.18 Å². The van der Waals surface area contributed by atoms with Crippen LogP contribution < -0.4 is 5.32 Å². The third kappa shape index (κ3) is 3.87. The molecule has 0 aromatic heterocycles. The second kappa shape index (κ2) is 7.29. The molecule has 5 heteroatoms. The van der Waals surface area contributed by atoms with Crippen molar-refractivity contribution in [1.29, 1.82) is 0 Å². The van der Waals surface area contributed by atoms with Crippen LogP contribution >= 0.6 is 15.9 Å². The van der Waals surface area contributed by atoms with Crippen LogP contribution in [0.3, 0.4) is 0 Å². The van der Waals surface area contributed by atoms with Gasteiger partial charge in [-0.3, -0.25) is 4.79 Å². The highest BCUT2D eigenvalue weighted by Gasteiger charge is 2.33. The van der Waals surface area contributed by atoms with E-state index in [1.807, 2.05) is 0 Å². The number of hydrogen-bond donors (Lipinski definition) is 1. The van der Waals surface area contributed by atoms with Crippen molar-refractivity contribution in [3.8, 4) is 0 Å². The van der Waals surface area contributed by atoms with Crippen LogP contribution in [0.2, 0.25) is 0 Å². The molecule has 0 aliphatic carbocycles. The minimum absolute atomic E-state index is 0.0353. The SMILES string of the molecule is CCCNC1COCC1C(=O)Cc1cc(Br)ccc1F. The lowest BCUT2D eigenvalue weighted by Crippen LogP contribution is -2.40. The van der Waals surface area contributed by atoms with E-state index in [0.717, 1.165) is 17.4 Å². The average molecular weight is 344 g/mol. The lowest BCUT2D eigenvalue weighted by molar-refractivity contribution is -0.122. The molecule has 1 aromatic rings. The van der Waals surface area contributed by atoms with E-state index in [0.29, 0.717) is 18.8 Å². The molecule has 0 saturated carbocycles. The summed E-state index contributed by atoms with van der Waals surface area (Å²) in [5, 5.41) is 3.33. The Hall–Kier alpha value is -0.780. The maximum absolute atomic E-state index is 13.7. The largest absolute Gasteiger partial charge is 0.379 e. The molecule has 1 N–H and O–H groups in total. The first kappa shape index (κ1) is 15.6. The highest BCUT2D eigenvalue weighted by Crippen LogP contribution is 2.21. The van der Waals surface area contributed by atoms with Gasteiger partial charge in [-0.15, -0.1) is 0 Å². The smallest absolute Gasteiger partial charge is 0.144 e. The van der Waals surface area contributed by atoms with E-state index in [4.69, 9.17) is 4.74 Å². The molecule has 3 nitrogen and oxygen atoms in total. The summed E-state index contributed by atoms with van der Waals surface area (Å²) in [5.74, 6) is -0.480. The summed E-state index contributed by atoms with van der Waals surface area (Å²) in [6.45, 7) is 3.92. The molecular weight excluding hydrogens is 325 g/mol. The van der Waals surface area contributed by atoms with Gasteiger partial charge in [-0.25, -0.2) is 4.39 Å². The first-order valence-electron chi connectivity index (χ1n) is 6.89. The van der Waals surface area contributed by atoms with Crippen LogP contribution in [0, 0.1) is 11.7 Å². The molecule has 2 atom stereocenters. The molecular formula is C15H19BrFNO2. The maximum atomic E-state index is 13.7. The van der Waals surface area contributed by atoms with Gasteiger partial charge in [0.1, 0.15) is 11.6 Å². The van der Waals surface area contributed by atoms with E-state index in [1.165, 1.54) is 6.07 Å². The first-order valence-corrected chi connectivity index (χ1v) is 7.69. The zero-order chi connectivity index (χ0) is 14.5. The van der Waals surface area contributed by atoms with Crippen molar-refractivity contribution in [2.75, 3.05) is 19.8 Å².